The van der Waals surface area contributed by atoms with Crippen LogP contribution in [-0.4, -0.2) is 31.3 Å². The van der Waals surface area contributed by atoms with Crippen LogP contribution in [0.1, 0.15) is 18.4 Å². The number of nitro groups is 1. The van der Waals surface area contributed by atoms with Crippen LogP contribution in [0.2, 0.25) is 0 Å². The summed E-state index contributed by atoms with van der Waals surface area (Å²) in [6, 6.07) is 4.83. The number of oxime groups is 1. The van der Waals surface area contributed by atoms with Crippen molar-refractivity contribution in [1.29, 1.82) is 0 Å². The summed E-state index contributed by atoms with van der Waals surface area (Å²) in [5, 5.41) is 14.5. The lowest BCUT2D eigenvalue weighted by atomic mass is 10.1. The molecule has 1 heterocycles. The molecule has 0 N–H and O–H groups in total. The molecule has 6 heteroatoms. The van der Waals surface area contributed by atoms with Crippen molar-refractivity contribution in [2.45, 2.75) is 12.8 Å². The van der Waals surface area contributed by atoms with Gasteiger partial charge in [-0.2, -0.15) is 0 Å². The van der Waals surface area contributed by atoms with Crippen LogP contribution in [0.5, 0.6) is 0 Å². The molecule has 0 saturated carbocycles. The molecule has 0 spiro atoms. The SMILES string of the molecule is CON=Cc1cc([N+](=O)[O-])ccc1N1CCCC1. The Morgan fingerprint density at radius 2 is 2.17 bits per heavy atom. The Morgan fingerprint density at radius 3 is 2.78 bits per heavy atom. The molecule has 0 aromatic heterocycles. The topological polar surface area (TPSA) is 68.0 Å². The van der Waals surface area contributed by atoms with Gasteiger partial charge in [-0.1, -0.05) is 5.16 Å². The molecule has 0 unspecified atom stereocenters. The van der Waals surface area contributed by atoms with Gasteiger partial charge in [-0.05, 0) is 18.9 Å². The van der Waals surface area contributed by atoms with Crippen LogP contribution in [0.15, 0.2) is 23.4 Å². The van der Waals surface area contributed by atoms with Crippen LogP contribution >= 0.6 is 0 Å². The van der Waals surface area contributed by atoms with E-state index in [9.17, 15) is 10.1 Å². The van der Waals surface area contributed by atoms with Crippen molar-refractivity contribution < 1.29 is 9.76 Å². The van der Waals surface area contributed by atoms with E-state index >= 15 is 0 Å². The van der Waals surface area contributed by atoms with Crippen molar-refractivity contribution in [2.24, 2.45) is 5.16 Å². The first-order valence-corrected chi connectivity index (χ1v) is 5.82. The lowest BCUT2D eigenvalue weighted by Crippen LogP contribution is -2.19. The van der Waals surface area contributed by atoms with Gasteiger partial charge in [-0.15, -0.1) is 0 Å². The fourth-order valence-electron chi connectivity index (χ4n) is 2.11. The minimum absolute atomic E-state index is 0.0653. The van der Waals surface area contributed by atoms with E-state index in [4.69, 9.17) is 0 Å². The Labute approximate surface area is 105 Å². The van der Waals surface area contributed by atoms with E-state index < -0.39 is 4.92 Å². The van der Waals surface area contributed by atoms with Crippen molar-refractivity contribution in [3.63, 3.8) is 0 Å². The Morgan fingerprint density at radius 1 is 1.44 bits per heavy atom. The molecule has 1 aliphatic rings. The molecular formula is C12H15N3O3. The zero-order valence-corrected chi connectivity index (χ0v) is 10.2. The Kier molecular flexibility index (Phi) is 3.76. The summed E-state index contributed by atoms with van der Waals surface area (Å²) in [5.41, 5.74) is 1.75. The first-order valence-electron chi connectivity index (χ1n) is 5.82. The van der Waals surface area contributed by atoms with Gasteiger partial charge in [-0.3, -0.25) is 10.1 Å². The minimum Gasteiger partial charge on any atom is -0.399 e. The number of non-ortho nitro benzene ring substituents is 1. The monoisotopic (exact) mass is 249 g/mol. The maximum absolute atomic E-state index is 10.8. The molecule has 1 aromatic rings. The number of rotatable bonds is 4. The first kappa shape index (κ1) is 12.3. The average Bonchev–Trinajstić information content (AvgIpc) is 2.89. The molecule has 0 aliphatic carbocycles. The molecule has 0 radical (unpaired) electrons. The van der Waals surface area contributed by atoms with Crippen LogP contribution in [0.25, 0.3) is 0 Å². The van der Waals surface area contributed by atoms with E-state index in [1.807, 2.05) is 0 Å². The fraction of sp³-hybridized carbons (Fsp3) is 0.417. The lowest BCUT2D eigenvalue weighted by Gasteiger charge is -2.19. The van der Waals surface area contributed by atoms with Gasteiger partial charge < -0.3 is 9.74 Å². The van der Waals surface area contributed by atoms with E-state index in [2.05, 4.69) is 14.9 Å². The molecule has 2 rings (SSSR count). The largest absolute Gasteiger partial charge is 0.399 e. The second-order valence-electron chi connectivity index (χ2n) is 4.11. The van der Waals surface area contributed by atoms with Gasteiger partial charge in [0.2, 0.25) is 0 Å². The normalized spacial score (nSPS) is 15.3. The summed E-state index contributed by atoms with van der Waals surface area (Å²) in [5.74, 6) is 0. The standard InChI is InChI=1S/C12H15N3O3/c1-18-13-9-10-8-11(15(16)17)4-5-12(10)14-6-2-3-7-14/h4-5,8-9H,2-3,6-7H2,1H3. The van der Waals surface area contributed by atoms with Gasteiger partial charge >= 0.3 is 0 Å². The Bertz CT molecular complexity index is 468. The maximum Gasteiger partial charge on any atom is 0.270 e. The second kappa shape index (κ2) is 5.48. The van der Waals surface area contributed by atoms with Gasteiger partial charge in [0.1, 0.15) is 7.11 Å². The number of benzene rings is 1. The van der Waals surface area contributed by atoms with E-state index in [0.29, 0.717) is 5.56 Å². The van der Waals surface area contributed by atoms with E-state index in [0.717, 1.165) is 31.6 Å². The zero-order valence-electron chi connectivity index (χ0n) is 10.2. The average molecular weight is 249 g/mol. The predicted molar refractivity (Wildman–Crippen MR) is 69.1 cm³/mol. The number of anilines is 1. The molecule has 1 aromatic carbocycles. The number of nitro benzene ring substituents is 1. The molecule has 1 aliphatic heterocycles. The van der Waals surface area contributed by atoms with Crippen molar-refractivity contribution in [2.75, 3.05) is 25.1 Å². The molecule has 1 saturated heterocycles. The first-order chi connectivity index (χ1) is 8.72. The van der Waals surface area contributed by atoms with Crippen LogP contribution in [-0.2, 0) is 4.84 Å². The predicted octanol–water partition coefficient (Wildman–Crippen LogP) is 2.18. The summed E-state index contributed by atoms with van der Waals surface area (Å²) in [4.78, 5) is 17.2. The summed E-state index contributed by atoms with van der Waals surface area (Å²) < 4.78 is 0. The van der Waals surface area contributed by atoms with Gasteiger partial charge in [0.25, 0.3) is 5.69 Å². The molecule has 6 nitrogen and oxygen atoms in total. The van der Waals surface area contributed by atoms with E-state index in [-0.39, 0.29) is 5.69 Å². The third-order valence-corrected chi connectivity index (χ3v) is 2.97. The Hall–Kier alpha value is -2.11. The smallest absolute Gasteiger partial charge is 0.270 e. The number of hydrogen-bond donors (Lipinski definition) is 0. The maximum atomic E-state index is 10.8. The van der Waals surface area contributed by atoms with Gasteiger partial charge in [0.05, 0.1) is 11.1 Å². The third kappa shape index (κ3) is 2.58. The third-order valence-electron chi connectivity index (χ3n) is 2.97. The van der Waals surface area contributed by atoms with E-state index in [1.54, 1.807) is 6.07 Å². The number of nitrogens with zero attached hydrogens (tertiary/aromatic N) is 3. The molecule has 0 atom stereocenters. The van der Waals surface area contributed by atoms with Crippen LogP contribution in [0.3, 0.4) is 0 Å². The van der Waals surface area contributed by atoms with Gasteiger partial charge in [-0.25, -0.2) is 0 Å². The zero-order chi connectivity index (χ0) is 13.0. The quantitative estimate of drug-likeness (QED) is 0.466. The molecular weight excluding hydrogens is 234 g/mol. The lowest BCUT2D eigenvalue weighted by molar-refractivity contribution is -0.384. The summed E-state index contributed by atoms with van der Waals surface area (Å²) >= 11 is 0. The van der Waals surface area contributed by atoms with Gasteiger partial charge in [0.15, 0.2) is 0 Å². The molecule has 0 amide bonds. The van der Waals surface area contributed by atoms with E-state index in [1.165, 1.54) is 25.5 Å². The van der Waals surface area contributed by atoms with Crippen LogP contribution in [0, 0.1) is 10.1 Å². The van der Waals surface area contributed by atoms with Crippen LogP contribution in [0.4, 0.5) is 11.4 Å². The highest BCUT2D eigenvalue weighted by atomic mass is 16.6. The Balaban J connectivity index is 2.37. The summed E-state index contributed by atoms with van der Waals surface area (Å²) in [6.07, 6.45) is 3.82. The molecule has 96 valence electrons. The highest BCUT2D eigenvalue weighted by Crippen LogP contribution is 2.27. The number of hydrogen-bond acceptors (Lipinski definition) is 5. The molecule has 1 fully saturated rings. The van der Waals surface area contributed by atoms with Crippen molar-refractivity contribution in [3.8, 4) is 0 Å². The molecule has 0 bridgehead atoms. The van der Waals surface area contributed by atoms with Crippen molar-refractivity contribution in [3.05, 3.63) is 33.9 Å². The second-order valence-corrected chi connectivity index (χ2v) is 4.11. The van der Waals surface area contributed by atoms with Crippen molar-refractivity contribution >= 4 is 17.6 Å². The summed E-state index contributed by atoms with van der Waals surface area (Å²) in [6.45, 7) is 1.96. The van der Waals surface area contributed by atoms with Crippen molar-refractivity contribution in [1.82, 2.24) is 0 Å². The fourth-order valence-corrected chi connectivity index (χ4v) is 2.11. The highest BCUT2D eigenvalue weighted by Gasteiger charge is 2.17. The van der Waals surface area contributed by atoms with Gasteiger partial charge in [0, 0.05) is 36.5 Å². The highest BCUT2D eigenvalue weighted by molar-refractivity contribution is 5.89. The minimum atomic E-state index is -0.405. The summed E-state index contributed by atoms with van der Waals surface area (Å²) in [7, 11) is 1.45. The van der Waals surface area contributed by atoms with Crippen LogP contribution < -0.4 is 4.90 Å². The molecule has 18 heavy (non-hydrogen) atoms.